The fourth-order valence-electron chi connectivity index (χ4n) is 2.90. The third kappa shape index (κ3) is 6.90. The highest BCUT2D eigenvalue weighted by atomic mass is 31.2. The Labute approximate surface area is 200 Å². The Hall–Kier alpha value is -3.70. The van der Waals surface area contributed by atoms with Gasteiger partial charge in [-0.2, -0.15) is 4.57 Å². The minimum absolute atomic E-state index is 0.259. The molecule has 0 radical (unpaired) electrons. The maximum atomic E-state index is 13.8. The van der Waals surface area contributed by atoms with Crippen molar-refractivity contribution >= 4 is 19.6 Å². The van der Waals surface area contributed by atoms with E-state index in [1.165, 1.54) is 0 Å². The third-order valence-electron chi connectivity index (χ3n) is 4.32. The largest absolute Gasteiger partial charge is 0.648 e. The number of amides is 1. The second-order valence-corrected chi connectivity index (χ2v) is 9.79. The van der Waals surface area contributed by atoms with Crippen LogP contribution in [0.1, 0.15) is 26.3 Å². The van der Waals surface area contributed by atoms with Crippen molar-refractivity contribution in [3.63, 3.8) is 0 Å². The summed E-state index contributed by atoms with van der Waals surface area (Å²) in [6, 6.07) is 24.0. The van der Waals surface area contributed by atoms with Crippen LogP contribution < -0.4 is 13.9 Å². The molecular weight excluding hydrogens is 453 g/mol. The van der Waals surface area contributed by atoms with Gasteiger partial charge < -0.3 is 18.3 Å². The minimum atomic E-state index is -4.35. The molecule has 0 aliphatic heterocycles. The first kappa shape index (κ1) is 24.9. The van der Waals surface area contributed by atoms with Gasteiger partial charge >= 0.3 is 13.9 Å². The van der Waals surface area contributed by atoms with Crippen molar-refractivity contribution < 1.29 is 27.7 Å². The molecule has 0 saturated carbocycles. The molecule has 34 heavy (non-hydrogen) atoms. The van der Waals surface area contributed by atoms with Crippen LogP contribution in [0.4, 0.5) is 10.5 Å². The van der Waals surface area contributed by atoms with E-state index < -0.39 is 19.5 Å². The van der Waals surface area contributed by atoms with Crippen molar-refractivity contribution in [2.24, 2.45) is 0 Å². The van der Waals surface area contributed by atoms with Crippen LogP contribution in [0.25, 0.3) is 0 Å². The molecule has 1 amide bonds. The fourth-order valence-corrected chi connectivity index (χ4v) is 4.11. The number of carbonyl (C=O) groups is 1. The van der Waals surface area contributed by atoms with Crippen LogP contribution >= 0.6 is 7.82 Å². The van der Waals surface area contributed by atoms with Gasteiger partial charge in [0.1, 0.15) is 17.1 Å². The quantitative estimate of drug-likeness (QED) is 0.245. The van der Waals surface area contributed by atoms with Crippen molar-refractivity contribution in [2.45, 2.75) is 33.3 Å². The molecule has 3 aromatic carbocycles. The monoisotopic (exact) mass is 481 g/mol. The lowest BCUT2D eigenvalue weighted by Gasteiger charge is -2.30. The first-order chi connectivity index (χ1) is 16.1. The van der Waals surface area contributed by atoms with E-state index in [1.54, 1.807) is 93.6 Å². The van der Waals surface area contributed by atoms with E-state index in [4.69, 9.17) is 18.3 Å². The standard InChI is InChI=1S/C26H28NO6P/c1-20-14-12-13-19-24(20)27(25(28)30-26(3,4)5)21(2)31-34(29,32-22-15-8-6-9-16-22)33-23-17-10-7-11-18-23/h6-19H,2H2,1,3-5H3. The number of rotatable bonds is 8. The number of carbonyl (C=O) groups excluding carboxylic acids is 1. The average molecular weight is 481 g/mol. The molecule has 0 spiro atoms. The van der Waals surface area contributed by atoms with E-state index in [-0.39, 0.29) is 17.4 Å². The fraction of sp³-hybridized carbons (Fsp3) is 0.192. The minimum Gasteiger partial charge on any atom is -0.443 e. The number of hydrogen-bond donors (Lipinski definition) is 0. The Balaban J connectivity index is 1.97. The first-order valence-corrected chi connectivity index (χ1v) is 12.1. The van der Waals surface area contributed by atoms with Gasteiger partial charge in [-0.1, -0.05) is 54.6 Å². The van der Waals surface area contributed by atoms with Gasteiger partial charge in [-0.05, 0) is 70.2 Å². The van der Waals surface area contributed by atoms with E-state index in [0.29, 0.717) is 5.69 Å². The molecule has 0 unspecified atom stereocenters. The Morgan fingerprint density at radius 2 is 1.29 bits per heavy atom. The van der Waals surface area contributed by atoms with Gasteiger partial charge in [0.25, 0.3) is 0 Å². The summed E-state index contributed by atoms with van der Waals surface area (Å²) in [5.74, 6) is 0.238. The van der Waals surface area contributed by atoms with Gasteiger partial charge in [0.2, 0.25) is 5.88 Å². The van der Waals surface area contributed by atoms with Crippen molar-refractivity contribution in [3.05, 3.63) is 103 Å². The van der Waals surface area contributed by atoms with Crippen LogP contribution in [0.2, 0.25) is 0 Å². The number of anilines is 1. The van der Waals surface area contributed by atoms with Crippen molar-refractivity contribution in [2.75, 3.05) is 4.90 Å². The zero-order valence-corrected chi connectivity index (χ0v) is 20.5. The maximum absolute atomic E-state index is 13.8. The highest BCUT2D eigenvalue weighted by Crippen LogP contribution is 2.52. The SMILES string of the molecule is C=C(OP(=O)(Oc1ccccc1)Oc1ccccc1)N(C(=O)OC(C)(C)C)c1ccccc1C. The second-order valence-electron chi connectivity index (χ2n) is 8.34. The molecule has 0 aromatic heterocycles. The van der Waals surface area contributed by atoms with E-state index in [0.717, 1.165) is 10.5 Å². The van der Waals surface area contributed by atoms with Crippen LogP contribution in [0.5, 0.6) is 11.5 Å². The summed E-state index contributed by atoms with van der Waals surface area (Å²) < 4.78 is 36.3. The highest BCUT2D eigenvalue weighted by Gasteiger charge is 2.38. The van der Waals surface area contributed by atoms with E-state index >= 15 is 0 Å². The number of phosphoric ester groups is 1. The van der Waals surface area contributed by atoms with Gasteiger partial charge in [0.05, 0.1) is 5.69 Å². The summed E-state index contributed by atoms with van der Waals surface area (Å²) in [5, 5.41) is 0. The zero-order valence-electron chi connectivity index (χ0n) is 19.6. The smallest absolute Gasteiger partial charge is 0.443 e. The van der Waals surface area contributed by atoms with E-state index in [9.17, 15) is 9.36 Å². The summed E-state index contributed by atoms with van der Waals surface area (Å²) >= 11 is 0. The molecule has 8 heteroatoms. The number of ether oxygens (including phenoxy) is 1. The maximum Gasteiger partial charge on any atom is 0.648 e. The molecule has 0 heterocycles. The summed E-state index contributed by atoms with van der Waals surface area (Å²) in [7, 11) is -4.35. The van der Waals surface area contributed by atoms with Gasteiger partial charge in [0.15, 0.2) is 0 Å². The summed E-state index contributed by atoms with van der Waals surface area (Å²) in [5.41, 5.74) is 0.414. The number of aryl methyl sites for hydroxylation is 1. The molecule has 0 aliphatic rings. The number of nitrogens with zero attached hydrogens (tertiary/aromatic N) is 1. The predicted octanol–water partition coefficient (Wildman–Crippen LogP) is 7.49. The summed E-state index contributed by atoms with van der Waals surface area (Å²) in [6.45, 7) is 10.9. The normalized spacial score (nSPS) is 11.3. The lowest BCUT2D eigenvalue weighted by Crippen LogP contribution is -2.37. The van der Waals surface area contributed by atoms with Gasteiger partial charge in [-0.15, -0.1) is 0 Å². The van der Waals surface area contributed by atoms with Crippen LogP contribution in [0.3, 0.4) is 0 Å². The van der Waals surface area contributed by atoms with Crippen LogP contribution in [-0.2, 0) is 13.8 Å². The molecule has 0 atom stereocenters. The Bertz CT molecular complexity index is 1130. The highest BCUT2D eigenvalue weighted by molar-refractivity contribution is 7.49. The Morgan fingerprint density at radius 3 is 1.76 bits per heavy atom. The molecule has 0 saturated heterocycles. The van der Waals surface area contributed by atoms with Gasteiger partial charge in [-0.25, -0.2) is 9.69 Å². The molecule has 0 fully saturated rings. The molecule has 3 aromatic rings. The van der Waals surface area contributed by atoms with Crippen LogP contribution in [-0.4, -0.2) is 11.7 Å². The molecule has 7 nitrogen and oxygen atoms in total. The van der Waals surface area contributed by atoms with Gasteiger partial charge in [-0.3, -0.25) is 0 Å². The first-order valence-electron chi connectivity index (χ1n) is 10.6. The number of phosphoric acid groups is 1. The third-order valence-corrected chi connectivity index (χ3v) is 5.62. The predicted molar refractivity (Wildman–Crippen MR) is 132 cm³/mol. The van der Waals surface area contributed by atoms with Gasteiger partial charge in [0, 0.05) is 0 Å². The second kappa shape index (κ2) is 10.5. The molecular formula is C26H28NO6P. The van der Waals surface area contributed by atoms with Crippen molar-refractivity contribution in [1.29, 1.82) is 0 Å². The average Bonchev–Trinajstić information content (AvgIpc) is 2.75. The van der Waals surface area contributed by atoms with Crippen LogP contribution in [0, 0.1) is 6.92 Å². The number of para-hydroxylation sites is 3. The number of hydrogen-bond acceptors (Lipinski definition) is 6. The Kier molecular flexibility index (Phi) is 7.69. The molecule has 0 bridgehead atoms. The molecule has 0 N–H and O–H groups in total. The molecule has 178 valence electrons. The zero-order chi connectivity index (χ0) is 24.8. The number of benzene rings is 3. The van der Waals surface area contributed by atoms with Crippen molar-refractivity contribution in [3.8, 4) is 11.5 Å². The summed E-state index contributed by atoms with van der Waals surface area (Å²) in [6.07, 6.45) is -0.752. The van der Waals surface area contributed by atoms with E-state index in [2.05, 4.69) is 6.58 Å². The molecule has 0 aliphatic carbocycles. The Morgan fingerprint density at radius 1 is 0.824 bits per heavy atom. The van der Waals surface area contributed by atoms with E-state index in [1.807, 2.05) is 19.1 Å². The van der Waals surface area contributed by atoms with Crippen molar-refractivity contribution in [1.82, 2.24) is 0 Å². The topological polar surface area (TPSA) is 74.3 Å². The lowest BCUT2D eigenvalue weighted by molar-refractivity contribution is 0.0576. The van der Waals surface area contributed by atoms with Crippen LogP contribution in [0.15, 0.2) is 97.4 Å². The summed E-state index contributed by atoms with van der Waals surface area (Å²) in [4.78, 5) is 14.3. The lowest BCUT2D eigenvalue weighted by atomic mass is 10.2. The molecule has 3 rings (SSSR count).